The number of carbonyl (C=O) groups excluding carboxylic acids is 1. The summed E-state index contributed by atoms with van der Waals surface area (Å²) in [6.45, 7) is 1.76. The molecule has 5 aromatic rings. The molecule has 1 aliphatic rings. The second-order valence-corrected chi connectivity index (χ2v) is 11.8. The van der Waals surface area contributed by atoms with Gasteiger partial charge in [0.25, 0.3) is 0 Å². The maximum Gasteiger partial charge on any atom is 0.241 e. The average molecular weight is 551 g/mol. The summed E-state index contributed by atoms with van der Waals surface area (Å²) in [5.41, 5.74) is 4.16. The van der Waals surface area contributed by atoms with Crippen molar-refractivity contribution in [1.29, 1.82) is 0 Å². The summed E-state index contributed by atoms with van der Waals surface area (Å²) in [5.74, 6) is -0.0867. The van der Waals surface area contributed by atoms with Gasteiger partial charge < -0.3 is 9.47 Å². The smallest absolute Gasteiger partial charge is 0.241 e. The van der Waals surface area contributed by atoms with Crippen LogP contribution in [0.2, 0.25) is 0 Å². The molecule has 0 bridgehead atoms. The van der Waals surface area contributed by atoms with Gasteiger partial charge in [-0.15, -0.1) is 0 Å². The van der Waals surface area contributed by atoms with Gasteiger partial charge in [0.05, 0.1) is 17.5 Å². The number of rotatable bonds is 8. The van der Waals surface area contributed by atoms with Gasteiger partial charge in [0.15, 0.2) is 0 Å². The van der Waals surface area contributed by atoms with Crippen molar-refractivity contribution >= 4 is 26.7 Å². The SMILES string of the molecule is O=C(CC(NS(=O)(=O)c1ccc2ccccc2c1)c1ccccc1)N1CCn2c(Cc3cccnc3)ccc2C1. The van der Waals surface area contributed by atoms with E-state index < -0.39 is 16.1 Å². The molecule has 8 heteroatoms. The van der Waals surface area contributed by atoms with Crippen LogP contribution in [0, 0.1) is 0 Å². The van der Waals surface area contributed by atoms with Crippen LogP contribution in [-0.4, -0.2) is 35.3 Å². The van der Waals surface area contributed by atoms with Gasteiger partial charge in [0.1, 0.15) is 0 Å². The van der Waals surface area contributed by atoms with Crippen LogP contribution < -0.4 is 4.72 Å². The summed E-state index contributed by atoms with van der Waals surface area (Å²) >= 11 is 0. The quantitative estimate of drug-likeness (QED) is 0.292. The molecule has 3 heterocycles. The predicted octanol–water partition coefficient (Wildman–Crippen LogP) is 5.08. The van der Waals surface area contributed by atoms with Crippen LogP contribution in [0.5, 0.6) is 0 Å². The molecule has 7 nitrogen and oxygen atoms in total. The molecule has 40 heavy (non-hydrogen) atoms. The summed E-state index contributed by atoms with van der Waals surface area (Å²) in [6, 6.07) is 29.5. The highest BCUT2D eigenvalue weighted by molar-refractivity contribution is 7.89. The minimum Gasteiger partial charge on any atom is -0.345 e. The van der Waals surface area contributed by atoms with Gasteiger partial charge in [0.2, 0.25) is 15.9 Å². The standard InChI is InChI=1S/C32H30N4O3S/c37-32(35-17-18-36-28(13-14-29(36)23-35)19-24-7-6-16-33-22-24)21-31(26-9-2-1-3-10-26)34-40(38,39)30-15-12-25-8-4-5-11-27(25)20-30/h1-16,20,22,31,34H,17-19,21,23H2. The molecule has 0 radical (unpaired) electrons. The number of nitrogens with zero attached hydrogens (tertiary/aromatic N) is 3. The van der Waals surface area contributed by atoms with Gasteiger partial charge in [-0.05, 0) is 52.2 Å². The topological polar surface area (TPSA) is 84.3 Å². The number of carbonyl (C=O) groups is 1. The highest BCUT2D eigenvalue weighted by Gasteiger charge is 2.28. The lowest BCUT2D eigenvalue weighted by Gasteiger charge is -2.31. The molecule has 6 rings (SSSR count). The van der Waals surface area contributed by atoms with E-state index >= 15 is 0 Å². The van der Waals surface area contributed by atoms with Gasteiger partial charge in [-0.3, -0.25) is 9.78 Å². The Morgan fingerprint density at radius 3 is 2.48 bits per heavy atom. The van der Waals surface area contributed by atoms with Crippen LogP contribution in [0.1, 0.15) is 35.0 Å². The largest absolute Gasteiger partial charge is 0.345 e. The fourth-order valence-corrected chi connectivity index (χ4v) is 6.62. The summed E-state index contributed by atoms with van der Waals surface area (Å²) in [7, 11) is -3.88. The van der Waals surface area contributed by atoms with E-state index in [-0.39, 0.29) is 17.2 Å². The number of amides is 1. The number of hydrogen-bond acceptors (Lipinski definition) is 4. The first-order valence-corrected chi connectivity index (χ1v) is 14.8. The Morgan fingerprint density at radius 2 is 1.68 bits per heavy atom. The van der Waals surface area contributed by atoms with Gasteiger partial charge in [0, 0.05) is 49.7 Å². The molecule has 0 saturated heterocycles. The summed E-state index contributed by atoms with van der Waals surface area (Å²) in [6.07, 6.45) is 4.46. The number of pyridine rings is 1. The van der Waals surface area contributed by atoms with Gasteiger partial charge in [-0.1, -0.05) is 66.7 Å². The maximum atomic E-state index is 13.6. The Labute approximate surface area is 234 Å². The Kier molecular flexibility index (Phi) is 7.19. The molecular weight excluding hydrogens is 520 g/mol. The summed E-state index contributed by atoms with van der Waals surface area (Å²) < 4.78 is 32.1. The first-order chi connectivity index (χ1) is 19.5. The second-order valence-electron chi connectivity index (χ2n) is 10.1. The van der Waals surface area contributed by atoms with E-state index in [2.05, 4.69) is 32.5 Å². The van der Waals surface area contributed by atoms with E-state index in [1.165, 1.54) is 5.69 Å². The molecule has 1 aliphatic heterocycles. The van der Waals surface area contributed by atoms with Crippen molar-refractivity contribution < 1.29 is 13.2 Å². The molecule has 0 aliphatic carbocycles. The summed E-state index contributed by atoms with van der Waals surface area (Å²) in [5, 5.41) is 1.81. The number of fused-ring (bicyclic) bond motifs is 2. The molecular formula is C32H30N4O3S. The van der Waals surface area contributed by atoms with Crippen molar-refractivity contribution in [1.82, 2.24) is 19.2 Å². The van der Waals surface area contributed by atoms with Crippen LogP contribution in [0.3, 0.4) is 0 Å². The Bertz CT molecular complexity index is 1750. The number of benzene rings is 3. The number of nitrogens with one attached hydrogen (secondary N) is 1. The van der Waals surface area contributed by atoms with Crippen molar-refractivity contribution in [3.05, 3.63) is 132 Å². The number of aromatic nitrogens is 2. The van der Waals surface area contributed by atoms with E-state index in [1.54, 1.807) is 24.4 Å². The monoisotopic (exact) mass is 550 g/mol. The number of hydrogen-bond donors (Lipinski definition) is 1. The third-order valence-electron chi connectivity index (χ3n) is 7.48. The molecule has 2 aromatic heterocycles. The maximum absolute atomic E-state index is 13.6. The Morgan fingerprint density at radius 1 is 0.875 bits per heavy atom. The van der Waals surface area contributed by atoms with E-state index in [1.807, 2.05) is 71.8 Å². The first kappa shape index (κ1) is 26.0. The molecule has 1 amide bonds. The molecule has 202 valence electrons. The van der Waals surface area contributed by atoms with Crippen molar-refractivity contribution in [3.8, 4) is 0 Å². The van der Waals surface area contributed by atoms with Crippen LogP contribution in [0.15, 0.2) is 114 Å². The van der Waals surface area contributed by atoms with E-state index in [4.69, 9.17) is 0 Å². The van der Waals surface area contributed by atoms with Crippen LogP contribution >= 0.6 is 0 Å². The van der Waals surface area contributed by atoms with Crippen molar-refractivity contribution in [2.75, 3.05) is 6.54 Å². The van der Waals surface area contributed by atoms with Crippen molar-refractivity contribution in [2.24, 2.45) is 0 Å². The lowest BCUT2D eigenvalue weighted by Crippen LogP contribution is -2.40. The van der Waals surface area contributed by atoms with Crippen molar-refractivity contribution in [3.63, 3.8) is 0 Å². The zero-order chi connectivity index (χ0) is 27.5. The van der Waals surface area contributed by atoms with Crippen LogP contribution in [-0.2, 0) is 34.3 Å². The fourth-order valence-electron chi connectivity index (χ4n) is 5.36. The molecule has 3 aromatic carbocycles. The van der Waals surface area contributed by atoms with Gasteiger partial charge in [-0.25, -0.2) is 13.1 Å². The van der Waals surface area contributed by atoms with E-state index in [0.717, 1.165) is 34.0 Å². The molecule has 0 saturated carbocycles. The van der Waals surface area contributed by atoms with Gasteiger partial charge >= 0.3 is 0 Å². The molecule has 0 spiro atoms. The zero-order valence-electron chi connectivity index (χ0n) is 22.0. The summed E-state index contributed by atoms with van der Waals surface area (Å²) in [4.78, 5) is 19.8. The highest BCUT2D eigenvalue weighted by atomic mass is 32.2. The van der Waals surface area contributed by atoms with E-state index in [9.17, 15) is 13.2 Å². The van der Waals surface area contributed by atoms with Crippen LogP contribution in [0.4, 0.5) is 0 Å². The average Bonchev–Trinajstić information content (AvgIpc) is 3.39. The molecule has 1 unspecified atom stereocenters. The highest BCUT2D eigenvalue weighted by Crippen LogP contribution is 2.26. The number of sulfonamides is 1. The molecule has 1 atom stereocenters. The third-order valence-corrected chi connectivity index (χ3v) is 8.95. The zero-order valence-corrected chi connectivity index (χ0v) is 22.8. The predicted molar refractivity (Wildman–Crippen MR) is 155 cm³/mol. The van der Waals surface area contributed by atoms with Crippen molar-refractivity contribution in [2.45, 2.75) is 36.9 Å². The van der Waals surface area contributed by atoms with Crippen LogP contribution in [0.25, 0.3) is 10.8 Å². The minimum atomic E-state index is -3.88. The van der Waals surface area contributed by atoms with E-state index in [0.29, 0.717) is 19.6 Å². The minimum absolute atomic E-state index is 0.0279. The lowest BCUT2D eigenvalue weighted by atomic mass is 10.0. The Hall–Kier alpha value is -4.27. The normalized spacial score (nSPS) is 14.2. The molecule has 1 N–H and O–H groups in total. The van der Waals surface area contributed by atoms with Gasteiger partial charge in [-0.2, -0.15) is 0 Å². The first-order valence-electron chi connectivity index (χ1n) is 13.4. The lowest BCUT2D eigenvalue weighted by molar-refractivity contribution is -0.133. The third kappa shape index (κ3) is 5.54. The second kappa shape index (κ2) is 11.1. The fraction of sp³-hybridized carbons (Fsp3) is 0.188. The Balaban J connectivity index is 1.19. The molecule has 0 fully saturated rings.